The van der Waals surface area contributed by atoms with Gasteiger partial charge in [-0.05, 0) is 48.0 Å². The minimum absolute atomic E-state index is 0.0489. The minimum atomic E-state index is -0.0489. The molecule has 0 unspecified atom stereocenters. The summed E-state index contributed by atoms with van der Waals surface area (Å²) in [6.45, 7) is 4.16. The highest BCUT2D eigenvalue weighted by Crippen LogP contribution is 2.23. The summed E-state index contributed by atoms with van der Waals surface area (Å²) in [6, 6.07) is 12.9. The van der Waals surface area contributed by atoms with Crippen molar-refractivity contribution in [1.29, 1.82) is 0 Å². The first-order chi connectivity index (χ1) is 12.7. The maximum absolute atomic E-state index is 12.3. The average molecular weight is 372 g/mol. The van der Waals surface area contributed by atoms with Crippen molar-refractivity contribution >= 4 is 23.5 Å². The number of halogens is 1. The monoisotopic (exact) mass is 371 g/mol. The predicted octanol–water partition coefficient (Wildman–Crippen LogP) is 4.08. The van der Waals surface area contributed by atoms with Crippen LogP contribution in [0.2, 0.25) is 5.02 Å². The Morgan fingerprint density at radius 2 is 1.92 bits per heavy atom. The fraction of sp³-hybridized carbons (Fsp3) is 0.286. The fourth-order valence-corrected chi connectivity index (χ4v) is 3.03. The lowest BCUT2D eigenvalue weighted by molar-refractivity contribution is 0.0339. The third-order valence-electron chi connectivity index (χ3n) is 4.36. The van der Waals surface area contributed by atoms with Crippen LogP contribution in [-0.4, -0.2) is 44.1 Å². The van der Waals surface area contributed by atoms with Crippen LogP contribution in [0.5, 0.6) is 5.75 Å². The zero-order chi connectivity index (χ0) is 18.4. The van der Waals surface area contributed by atoms with Crippen molar-refractivity contribution in [3.05, 3.63) is 70.3 Å². The van der Waals surface area contributed by atoms with Gasteiger partial charge >= 0.3 is 0 Å². The van der Waals surface area contributed by atoms with Crippen molar-refractivity contribution in [1.82, 2.24) is 4.90 Å². The third-order valence-corrected chi connectivity index (χ3v) is 4.61. The van der Waals surface area contributed by atoms with E-state index in [4.69, 9.17) is 21.1 Å². The molecule has 0 aromatic heterocycles. The largest absolute Gasteiger partial charge is 0.496 e. The van der Waals surface area contributed by atoms with Gasteiger partial charge in [0.25, 0.3) is 0 Å². The number of ketones is 1. The SMILES string of the molecule is COc1ccc(/C=C/C(=O)c2ccc(Cl)cc2)cc1CN1CCOCC1. The molecule has 1 heterocycles. The van der Waals surface area contributed by atoms with Crippen molar-refractivity contribution in [2.45, 2.75) is 6.54 Å². The standard InChI is InChI=1S/C21H22ClNO3/c1-25-21-9-3-16(14-18(21)15-23-10-12-26-13-11-23)2-8-20(24)17-4-6-19(22)7-5-17/h2-9,14H,10-13,15H2,1H3/b8-2+. The van der Waals surface area contributed by atoms with Crippen molar-refractivity contribution in [2.24, 2.45) is 0 Å². The van der Waals surface area contributed by atoms with E-state index in [1.165, 1.54) is 0 Å². The van der Waals surface area contributed by atoms with Crippen LogP contribution < -0.4 is 4.74 Å². The van der Waals surface area contributed by atoms with Gasteiger partial charge in [0.1, 0.15) is 5.75 Å². The summed E-state index contributed by atoms with van der Waals surface area (Å²) in [7, 11) is 1.68. The van der Waals surface area contributed by atoms with Crippen LogP contribution in [0.3, 0.4) is 0 Å². The van der Waals surface area contributed by atoms with Gasteiger partial charge in [-0.15, -0.1) is 0 Å². The second kappa shape index (κ2) is 8.99. The molecule has 0 amide bonds. The number of rotatable bonds is 6. The first kappa shape index (κ1) is 18.6. The van der Waals surface area contributed by atoms with Crippen LogP contribution in [0.1, 0.15) is 21.5 Å². The molecule has 5 heteroatoms. The molecule has 1 saturated heterocycles. The van der Waals surface area contributed by atoms with Crippen LogP contribution in [0, 0.1) is 0 Å². The van der Waals surface area contributed by atoms with Crippen LogP contribution in [0.15, 0.2) is 48.5 Å². The maximum atomic E-state index is 12.3. The molecule has 1 aliphatic rings. The molecule has 0 saturated carbocycles. The molecule has 0 bridgehead atoms. The van der Waals surface area contributed by atoms with Gasteiger partial charge in [0.15, 0.2) is 5.78 Å². The minimum Gasteiger partial charge on any atom is -0.496 e. The Balaban J connectivity index is 1.73. The summed E-state index contributed by atoms with van der Waals surface area (Å²) in [5, 5.41) is 0.619. The van der Waals surface area contributed by atoms with Gasteiger partial charge in [0.2, 0.25) is 0 Å². The van der Waals surface area contributed by atoms with E-state index in [-0.39, 0.29) is 5.78 Å². The lowest BCUT2D eigenvalue weighted by Gasteiger charge is -2.27. The van der Waals surface area contributed by atoms with E-state index in [0.717, 1.165) is 49.7 Å². The van der Waals surface area contributed by atoms with Gasteiger partial charge in [-0.25, -0.2) is 0 Å². The number of hydrogen-bond donors (Lipinski definition) is 0. The van der Waals surface area contributed by atoms with Gasteiger partial charge in [0.05, 0.1) is 20.3 Å². The van der Waals surface area contributed by atoms with Gasteiger partial charge in [0, 0.05) is 35.8 Å². The van der Waals surface area contributed by atoms with E-state index in [0.29, 0.717) is 10.6 Å². The van der Waals surface area contributed by atoms with Crippen LogP contribution in [0.4, 0.5) is 0 Å². The van der Waals surface area contributed by atoms with E-state index in [9.17, 15) is 4.79 Å². The number of carbonyl (C=O) groups excluding carboxylic acids is 1. The maximum Gasteiger partial charge on any atom is 0.185 e. The molecule has 0 N–H and O–H groups in total. The lowest BCUT2D eigenvalue weighted by atomic mass is 10.1. The summed E-state index contributed by atoms with van der Waals surface area (Å²) >= 11 is 5.86. The highest BCUT2D eigenvalue weighted by atomic mass is 35.5. The molecular weight excluding hydrogens is 350 g/mol. The Morgan fingerprint density at radius 3 is 2.62 bits per heavy atom. The Hall–Kier alpha value is -2.14. The Bertz CT molecular complexity index is 780. The number of allylic oxidation sites excluding steroid dienone is 1. The highest BCUT2D eigenvalue weighted by Gasteiger charge is 2.13. The summed E-state index contributed by atoms with van der Waals surface area (Å²) < 4.78 is 10.9. The van der Waals surface area contributed by atoms with Gasteiger partial charge in [-0.1, -0.05) is 23.7 Å². The predicted molar refractivity (Wildman–Crippen MR) is 104 cm³/mol. The normalized spacial score (nSPS) is 15.3. The molecule has 0 aliphatic carbocycles. The molecular formula is C21H22ClNO3. The molecule has 3 rings (SSSR count). The Kier molecular flexibility index (Phi) is 6.45. The number of carbonyl (C=O) groups is 1. The molecule has 1 fully saturated rings. The Morgan fingerprint density at radius 1 is 1.19 bits per heavy atom. The number of benzene rings is 2. The zero-order valence-corrected chi connectivity index (χ0v) is 15.5. The summed E-state index contributed by atoms with van der Waals surface area (Å²) in [4.78, 5) is 14.6. The number of methoxy groups -OCH3 is 1. The van der Waals surface area contributed by atoms with Crippen LogP contribution >= 0.6 is 11.6 Å². The van der Waals surface area contributed by atoms with E-state index in [1.54, 1.807) is 37.5 Å². The fourth-order valence-electron chi connectivity index (χ4n) is 2.91. The van der Waals surface area contributed by atoms with E-state index < -0.39 is 0 Å². The molecule has 1 aliphatic heterocycles. The average Bonchev–Trinajstić information content (AvgIpc) is 2.67. The lowest BCUT2D eigenvalue weighted by Crippen LogP contribution is -2.35. The van der Waals surface area contributed by atoms with Crippen molar-refractivity contribution < 1.29 is 14.3 Å². The molecule has 26 heavy (non-hydrogen) atoms. The zero-order valence-electron chi connectivity index (χ0n) is 14.8. The molecule has 4 nitrogen and oxygen atoms in total. The second-order valence-corrected chi connectivity index (χ2v) is 6.60. The summed E-state index contributed by atoms with van der Waals surface area (Å²) in [5.41, 5.74) is 2.69. The molecule has 0 radical (unpaired) electrons. The van der Waals surface area contributed by atoms with Crippen molar-refractivity contribution in [2.75, 3.05) is 33.4 Å². The van der Waals surface area contributed by atoms with Crippen molar-refractivity contribution in [3.8, 4) is 5.75 Å². The van der Waals surface area contributed by atoms with E-state index >= 15 is 0 Å². The first-order valence-electron chi connectivity index (χ1n) is 8.61. The summed E-state index contributed by atoms with van der Waals surface area (Å²) in [5.74, 6) is 0.810. The number of hydrogen-bond acceptors (Lipinski definition) is 4. The van der Waals surface area contributed by atoms with Gasteiger partial charge < -0.3 is 9.47 Å². The van der Waals surface area contributed by atoms with Crippen LogP contribution in [0.25, 0.3) is 6.08 Å². The second-order valence-electron chi connectivity index (χ2n) is 6.16. The molecule has 0 atom stereocenters. The van der Waals surface area contributed by atoms with Crippen LogP contribution in [-0.2, 0) is 11.3 Å². The molecule has 136 valence electrons. The van der Waals surface area contributed by atoms with Gasteiger partial charge in [-0.2, -0.15) is 0 Å². The van der Waals surface area contributed by atoms with Gasteiger partial charge in [-0.3, -0.25) is 9.69 Å². The highest BCUT2D eigenvalue weighted by molar-refractivity contribution is 6.30. The van der Waals surface area contributed by atoms with Crippen molar-refractivity contribution in [3.63, 3.8) is 0 Å². The third kappa shape index (κ3) is 4.94. The Labute approximate surface area is 159 Å². The molecule has 2 aromatic rings. The number of nitrogens with zero attached hydrogens (tertiary/aromatic N) is 1. The van der Waals surface area contributed by atoms with E-state index in [2.05, 4.69) is 11.0 Å². The smallest absolute Gasteiger partial charge is 0.185 e. The molecule has 0 spiro atoms. The topological polar surface area (TPSA) is 38.8 Å². The quantitative estimate of drug-likeness (QED) is 0.566. The van der Waals surface area contributed by atoms with E-state index in [1.807, 2.05) is 18.2 Å². The summed E-state index contributed by atoms with van der Waals surface area (Å²) in [6.07, 6.45) is 3.42. The number of ether oxygens (including phenoxy) is 2. The molecule has 2 aromatic carbocycles. The first-order valence-corrected chi connectivity index (χ1v) is 8.98. The number of morpholine rings is 1.